The Kier molecular flexibility index (Phi) is 5.22. The minimum Gasteiger partial charge on any atom is -0.337 e. The molecular weight excluding hydrogens is 380 g/mol. The molecule has 3 aromatic rings. The third kappa shape index (κ3) is 4.40. The highest BCUT2D eigenvalue weighted by Gasteiger charge is 2.35. The van der Waals surface area contributed by atoms with Crippen LogP contribution in [-0.2, 0) is 0 Å². The zero-order valence-electron chi connectivity index (χ0n) is 15.6. The van der Waals surface area contributed by atoms with Gasteiger partial charge < -0.3 is 15.2 Å². The molecule has 0 spiro atoms. The van der Waals surface area contributed by atoms with Crippen LogP contribution in [0.5, 0.6) is 0 Å². The molecule has 150 valence electrons. The van der Waals surface area contributed by atoms with Gasteiger partial charge in [0.1, 0.15) is 11.6 Å². The Morgan fingerprint density at radius 2 is 1.97 bits per heavy atom. The molecule has 0 unspecified atom stereocenters. The van der Waals surface area contributed by atoms with Gasteiger partial charge in [-0.1, -0.05) is 11.2 Å². The summed E-state index contributed by atoms with van der Waals surface area (Å²) in [5.41, 5.74) is 1.04. The van der Waals surface area contributed by atoms with E-state index in [9.17, 15) is 13.6 Å². The van der Waals surface area contributed by atoms with Crippen molar-refractivity contribution in [3.05, 3.63) is 66.1 Å². The molecule has 1 saturated heterocycles. The normalized spacial score (nSPS) is 19.3. The number of nitrogens with one attached hydrogen (secondary N) is 2. The zero-order valence-corrected chi connectivity index (χ0v) is 15.6. The maximum atomic E-state index is 13.2. The predicted octanol–water partition coefficient (Wildman–Crippen LogP) is 3.58. The number of urea groups is 1. The largest absolute Gasteiger partial charge is 0.337 e. The van der Waals surface area contributed by atoms with Crippen LogP contribution in [0.15, 0.2) is 53.1 Å². The lowest BCUT2D eigenvalue weighted by atomic mass is 10.1. The number of likely N-dealkylation sites (N-methyl/N-ethyl adjacent to an activating group) is 1. The van der Waals surface area contributed by atoms with Crippen molar-refractivity contribution in [2.24, 2.45) is 0 Å². The number of carbonyl (C=O) groups is 1. The van der Waals surface area contributed by atoms with Crippen molar-refractivity contribution in [3.8, 4) is 11.4 Å². The lowest BCUT2D eigenvalue weighted by Gasteiger charge is -2.14. The van der Waals surface area contributed by atoms with Crippen LogP contribution >= 0.6 is 0 Å². The minimum absolute atomic E-state index is 0.139. The van der Waals surface area contributed by atoms with Crippen molar-refractivity contribution in [3.63, 3.8) is 0 Å². The molecule has 2 aromatic carbocycles. The summed E-state index contributed by atoms with van der Waals surface area (Å²) in [6.45, 7) is 0.593. The standard InChI is InChI=1S/C20H19F2N5O2/c1-27-11-16(24-20(28)23-15-4-2-3-14(22)9-15)10-17(27)19-25-18(26-29-19)12-5-7-13(21)8-6-12/h2-9,16-17H,10-11H2,1H3,(H2,23,24,28)/t16-,17-/m0/s1. The Morgan fingerprint density at radius 1 is 1.17 bits per heavy atom. The maximum Gasteiger partial charge on any atom is 0.319 e. The third-order valence-corrected chi connectivity index (χ3v) is 4.80. The number of rotatable bonds is 4. The van der Waals surface area contributed by atoms with Crippen LogP contribution in [0, 0.1) is 11.6 Å². The number of benzene rings is 2. The summed E-state index contributed by atoms with van der Waals surface area (Å²) in [6.07, 6.45) is 0.581. The van der Waals surface area contributed by atoms with Crippen molar-refractivity contribution in [1.29, 1.82) is 0 Å². The lowest BCUT2D eigenvalue weighted by Crippen LogP contribution is -2.39. The fourth-order valence-corrected chi connectivity index (χ4v) is 3.40. The average molecular weight is 399 g/mol. The van der Waals surface area contributed by atoms with Gasteiger partial charge in [-0.05, 0) is 55.9 Å². The molecule has 0 aliphatic carbocycles. The molecule has 1 aliphatic rings. The van der Waals surface area contributed by atoms with E-state index in [4.69, 9.17) is 4.52 Å². The van der Waals surface area contributed by atoms with Gasteiger partial charge >= 0.3 is 6.03 Å². The van der Waals surface area contributed by atoms with E-state index in [1.807, 2.05) is 11.9 Å². The van der Waals surface area contributed by atoms with E-state index in [2.05, 4.69) is 20.8 Å². The molecule has 0 bridgehead atoms. The highest BCUT2D eigenvalue weighted by Crippen LogP contribution is 2.31. The summed E-state index contributed by atoms with van der Waals surface area (Å²) in [4.78, 5) is 18.6. The van der Waals surface area contributed by atoms with Gasteiger partial charge in [-0.3, -0.25) is 4.90 Å². The number of hydrogen-bond acceptors (Lipinski definition) is 5. The van der Waals surface area contributed by atoms with E-state index in [1.54, 1.807) is 18.2 Å². The molecule has 1 aliphatic heterocycles. The Balaban J connectivity index is 1.38. The summed E-state index contributed by atoms with van der Waals surface area (Å²) in [6, 6.07) is 10.8. The predicted molar refractivity (Wildman–Crippen MR) is 102 cm³/mol. The van der Waals surface area contributed by atoms with Crippen LogP contribution in [0.25, 0.3) is 11.4 Å². The molecule has 2 heterocycles. The van der Waals surface area contributed by atoms with E-state index in [0.29, 0.717) is 35.9 Å². The maximum absolute atomic E-state index is 13.2. The van der Waals surface area contributed by atoms with Crippen molar-refractivity contribution in [2.45, 2.75) is 18.5 Å². The molecule has 4 rings (SSSR count). The molecule has 0 saturated carbocycles. The van der Waals surface area contributed by atoms with E-state index in [-0.39, 0.29) is 17.9 Å². The Hall–Kier alpha value is -3.33. The van der Waals surface area contributed by atoms with Crippen LogP contribution in [0.3, 0.4) is 0 Å². The second-order valence-corrected chi connectivity index (χ2v) is 6.96. The smallest absolute Gasteiger partial charge is 0.319 e. The molecule has 1 fully saturated rings. The van der Waals surface area contributed by atoms with Gasteiger partial charge in [-0.2, -0.15) is 4.98 Å². The number of halogens is 2. The van der Waals surface area contributed by atoms with Crippen molar-refractivity contribution in [2.75, 3.05) is 18.9 Å². The summed E-state index contributed by atoms with van der Waals surface area (Å²) in [7, 11) is 1.90. The topological polar surface area (TPSA) is 83.3 Å². The average Bonchev–Trinajstić information content (AvgIpc) is 3.29. The number of likely N-dealkylation sites (tertiary alicyclic amines) is 1. The summed E-state index contributed by atoms with van der Waals surface area (Å²) in [5, 5.41) is 9.47. The number of aromatic nitrogens is 2. The van der Waals surface area contributed by atoms with Crippen molar-refractivity contribution in [1.82, 2.24) is 20.4 Å². The molecule has 2 atom stereocenters. The Bertz CT molecular complexity index is 1010. The molecule has 0 radical (unpaired) electrons. The molecule has 2 amide bonds. The van der Waals surface area contributed by atoms with Crippen LogP contribution in [0.1, 0.15) is 18.4 Å². The van der Waals surface area contributed by atoms with E-state index >= 15 is 0 Å². The van der Waals surface area contributed by atoms with Crippen molar-refractivity contribution >= 4 is 11.7 Å². The number of carbonyl (C=O) groups excluding carboxylic acids is 1. The van der Waals surface area contributed by atoms with Crippen molar-refractivity contribution < 1.29 is 18.1 Å². The van der Waals surface area contributed by atoms with Gasteiger partial charge in [-0.25, -0.2) is 13.6 Å². The highest BCUT2D eigenvalue weighted by molar-refractivity contribution is 5.89. The molecule has 29 heavy (non-hydrogen) atoms. The number of amides is 2. The molecular formula is C20H19F2N5O2. The monoisotopic (exact) mass is 399 g/mol. The fraction of sp³-hybridized carbons (Fsp3) is 0.250. The second kappa shape index (κ2) is 7.96. The number of nitrogens with zero attached hydrogens (tertiary/aromatic N) is 3. The van der Waals surface area contributed by atoms with Gasteiger partial charge in [0.05, 0.1) is 6.04 Å². The van der Waals surface area contributed by atoms with E-state index in [1.165, 1.54) is 30.3 Å². The molecule has 2 N–H and O–H groups in total. The van der Waals surface area contributed by atoms with Crippen LogP contribution in [0.2, 0.25) is 0 Å². The van der Waals surface area contributed by atoms with Gasteiger partial charge in [0, 0.05) is 23.8 Å². The van der Waals surface area contributed by atoms with Gasteiger partial charge in [-0.15, -0.1) is 0 Å². The summed E-state index contributed by atoms with van der Waals surface area (Å²) in [5.74, 6) is 0.0607. The number of anilines is 1. The molecule has 1 aromatic heterocycles. The summed E-state index contributed by atoms with van der Waals surface area (Å²) >= 11 is 0. The third-order valence-electron chi connectivity index (χ3n) is 4.80. The highest BCUT2D eigenvalue weighted by atomic mass is 19.1. The quantitative estimate of drug-likeness (QED) is 0.701. The Labute approximate surface area is 165 Å². The number of hydrogen-bond donors (Lipinski definition) is 2. The first-order valence-corrected chi connectivity index (χ1v) is 9.11. The van der Waals surface area contributed by atoms with Crippen LogP contribution in [-0.4, -0.2) is 40.7 Å². The van der Waals surface area contributed by atoms with Crippen LogP contribution < -0.4 is 10.6 Å². The minimum atomic E-state index is -0.420. The Morgan fingerprint density at radius 3 is 2.72 bits per heavy atom. The first-order valence-electron chi connectivity index (χ1n) is 9.11. The second-order valence-electron chi connectivity index (χ2n) is 6.96. The fourth-order valence-electron chi connectivity index (χ4n) is 3.40. The SMILES string of the molecule is CN1C[C@@H](NC(=O)Nc2cccc(F)c2)C[C@H]1c1nc(-c2ccc(F)cc2)no1. The molecule has 7 nitrogen and oxygen atoms in total. The van der Waals surface area contributed by atoms with Gasteiger partial charge in [0.15, 0.2) is 0 Å². The van der Waals surface area contributed by atoms with Gasteiger partial charge in [0.2, 0.25) is 11.7 Å². The zero-order chi connectivity index (χ0) is 20.4. The summed E-state index contributed by atoms with van der Waals surface area (Å²) < 4.78 is 31.7. The lowest BCUT2D eigenvalue weighted by molar-refractivity contribution is 0.243. The van der Waals surface area contributed by atoms with Gasteiger partial charge in [0.25, 0.3) is 0 Å². The van der Waals surface area contributed by atoms with E-state index in [0.717, 1.165) is 0 Å². The van der Waals surface area contributed by atoms with E-state index < -0.39 is 11.8 Å². The molecule has 9 heteroatoms. The first-order chi connectivity index (χ1) is 14.0. The first kappa shape index (κ1) is 19.0. The van der Waals surface area contributed by atoms with Crippen LogP contribution in [0.4, 0.5) is 19.3 Å².